The SMILES string of the molecule is CCc1nc(-c2ccc3c(c2)OC[C@H]3NC(=O)c2ocnc2C)no1. The van der Waals surface area contributed by atoms with E-state index in [2.05, 4.69) is 20.4 Å². The lowest BCUT2D eigenvalue weighted by Crippen LogP contribution is -2.29. The molecule has 1 amide bonds. The zero-order chi connectivity index (χ0) is 17.4. The van der Waals surface area contributed by atoms with Crippen molar-refractivity contribution < 1.29 is 18.5 Å². The third-order valence-electron chi connectivity index (χ3n) is 4.08. The summed E-state index contributed by atoms with van der Waals surface area (Å²) >= 11 is 0. The van der Waals surface area contributed by atoms with Gasteiger partial charge in [-0.15, -0.1) is 0 Å². The summed E-state index contributed by atoms with van der Waals surface area (Å²) in [6.07, 6.45) is 1.94. The Labute approximate surface area is 143 Å². The van der Waals surface area contributed by atoms with Gasteiger partial charge in [0.05, 0.1) is 11.7 Å². The number of carbonyl (C=O) groups excluding carboxylic acids is 1. The number of aromatic nitrogens is 3. The van der Waals surface area contributed by atoms with Gasteiger partial charge in [-0.25, -0.2) is 4.98 Å². The summed E-state index contributed by atoms with van der Waals surface area (Å²) < 4.78 is 16.0. The number of carbonyl (C=O) groups is 1. The second-order valence-corrected chi connectivity index (χ2v) is 5.72. The average Bonchev–Trinajstić information content (AvgIpc) is 3.34. The standard InChI is InChI=1S/C17H16N4O4/c1-3-14-20-16(21-25-14)10-4-5-11-12(7-23-13(11)6-10)19-17(22)15-9(2)18-8-24-15/h4-6,8,12H,3,7H2,1-2H3,(H,19,22)/t12-/m1/s1. The zero-order valence-corrected chi connectivity index (χ0v) is 13.8. The largest absolute Gasteiger partial charge is 0.491 e. The highest BCUT2D eigenvalue weighted by Gasteiger charge is 2.28. The predicted octanol–water partition coefficient (Wildman–Crippen LogP) is 2.46. The fraction of sp³-hybridized carbons (Fsp3) is 0.294. The Bertz CT molecular complexity index is 930. The second-order valence-electron chi connectivity index (χ2n) is 5.72. The molecule has 0 unspecified atom stereocenters. The van der Waals surface area contributed by atoms with Gasteiger partial charge in [-0.2, -0.15) is 4.98 Å². The lowest BCUT2D eigenvalue weighted by Gasteiger charge is -2.10. The van der Waals surface area contributed by atoms with E-state index in [1.165, 1.54) is 6.39 Å². The summed E-state index contributed by atoms with van der Waals surface area (Å²) in [4.78, 5) is 20.5. The van der Waals surface area contributed by atoms with Crippen molar-refractivity contribution >= 4 is 5.91 Å². The number of ether oxygens (including phenoxy) is 1. The molecule has 0 fully saturated rings. The van der Waals surface area contributed by atoms with Crippen LogP contribution in [0, 0.1) is 6.92 Å². The molecule has 1 aliphatic rings. The molecule has 0 saturated heterocycles. The summed E-state index contributed by atoms with van der Waals surface area (Å²) in [5.41, 5.74) is 2.25. The van der Waals surface area contributed by atoms with Gasteiger partial charge in [0.25, 0.3) is 5.91 Å². The first-order valence-electron chi connectivity index (χ1n) is 7.96. The summed E-state index contributed by atoms with van der Waals surface area (Å²) in [5.74, 6) is 1.70. The molecular weight excluding hydrogens is 324 g/mol. The van der Waals surface area contributed by atoms with Crippen molar-refractivity contribution in [1.82, 2.24) is 20.4 Å². The number of hydrogen-bond donors (Lipinski definition) is 1. The van der Waals surface area contributed by atoms with Gasteiger partial charge in [-0.1, -0.05) is 24.2 Å². The molecule has 1 aliphatic heterocycles. The van der Waals surface area contributed by atoms with Gasteiger partial charge in [0.2, 0.25) is 17.5 Å². The van der Waals surface area contributed by atoms with E-state index >= 15 is 0 Å². The minimum absolute atomic E-state index is 0.212. The molecular formula is C17H16N4O4. The highest BCUT2D eigenvalue weighted by molar-refractivity contribution is 5.92. The van der Waals surface area contributed by atoms with E-state index < -0.39 is 0 Å². The van der Waals surface area contributed by atoms with E-state index in [9.17, 15) is 4.79 Å². The van der Waals surface area contributed by atoms with Crippen molar-refractivity contribution in [3.63, 3.8) is 0 Å². The van der Waals surface area contributed by atoms with Crippen molar-refractivity contribution in [3.8, 4) is 17.1 Å². The third kappa shape index (κ3) is 2.75. The Morgan fingerprint density at radius 3 is 3.00 bits per heavy atom. The van der Waals surface area contributed by atoms with Crippen molar-refractivity contribution in [2.75, 3.05) is 6.61 Å². The maximum Gasteiger partial charge on any atom is 0.289 e. The fourth-order valence-electron chi connectivity index (χ4n) is 2.73. The number of nitrogens with one attached hydrogen (secondary N) is 1. The van der Waals surface area contributed by atoms with Crippen LogP contribution in [0.15, 0.2) is 33.5 Å². The quantitative estimate of drug-likeness (QED) is 0.778. The van der Waals surface area contributed by atoms with Gasteiger partial charge in [0, 0.05) is 17.5 Å². The van der Waals surface area contributed by atoms with Gasteiger partial charge in [-0.3, -0.25) is 4.79 Å². The van der Waals surface area contributed by atoms with E-state index in [0.717, 1.165) is 11.1 Å². The van der Waals surface area contributed by atoms with Crippen LogP contribution in [0.2, 0.25) is 0 Å². The van der Waals surface area contributed by atoms with Gasteiger partial charge >= 0.3 is 0 Å². The van der Waals surface area contributed by atoms with Crippen LogP contribution in [0.5, 0.6) is 5.75 Å². The number of fused-ring (bicyclic) bond motifs is 1. The lowest BCUT2D eigenvalue weighted by atomic mass is 10.1. The Morgan fingerprint density at radius 1 is 1.40 bits per heavy atom. The molecule has 2 aromatic heterocycles. The molecule has 1 N–H and O–H groups in total. The fourth-order valence-corrected chi connectivity index (χ4v) is 2.73. The van der Waals surface area contributed by atoms with E-state index in [4.69, 9.17) is 13.7 Å². The second kappa shape index (κ2) is 6.04. The van der Waals surface area contributed by atoms with Crippen LogP contribution >= 0.6 is 0 Å². The van der Waals surface area contributed by atoms with Crippen LogP contribution in [0.1, 0.15) is 40.7 Å². The van der Waals surface area contributed by atoms with Gasteiger partial charge in [0.1, 0.15) is 12.4 Å². The number of nitrogens with zero attached hydrogens (tertiary/aromatic N) is 3. The number of benzene rings is 1. The van der Waals surface area contributed by atoms with Crippen molar-refractivity contribution in [1.29, 1.82) is 0 Å². The highest BCUT2D eigenvalue weighted by Crippen LogP contribution is 2.35. The lowest BCUT2D eigenvalue weighted by molar-refractivity contribution is 0.0901. The van der Waals surface area contributed by atoms with Crippen LogP contribution in [0.4, 0.5) is 0 Å². The van der Waals surface area contributed by atoms with E-state index in [1.807, 2.05) is 25.1 Å². The molecule has 3 aromatic rings. The molecule has 3 heterocycles. The number of aryl methyl sites for hydroxylation is 2. The van der Waals surface area contributed by atoms with Crippen LogP contribution in [-0.2, 0) is 6.42 Å². The first kappa shape index (κ1) is 15.4. The topological polar surface area (TPSA) is 103 Å². The Hall–Kier alpha value is -3.16. The molecule has 128 valence electrons. The average molecular weight is 340 g/mol. The summed E-state index contributed by atoms with van der Waals surface area (Å²) in [6.45, 7) is 4.02. The third-order valence-corrected chi connectivity index (χ3v) is 4.08. The van der Waals surface area contributed by atoms with Gasteiger partial charge in [-0.05, 0) is 13.0 Å². The van der Waals surface area contributed by atoms with Crippen LogP contribution in [-0.4, -0.2) is 27.6 Å². The maximum absolute atomic E-state index is 12.3. The van der Waals surface area contributed by atoms with Gasteiger partial charge in [0.15, 0.2) is 6.39 Å². The van der Waals surface area contributed by atoms with Crippen LogP contribution < -0.4 is 10.1 Å². The summed E-state index contributed by atoms with van der Waals surface area (Å²) in [7, 11) is 0. The van der Waals surface area contributed by atoms with Crippen LogP contribution in [0.25, 0.3) is 11.4 Å². The molecule has 0 bridgehead atoms. The Balaban J connectivity index is 1.55. The van der Waals surface area contributed by atoms with E-state index in [0.29, 0.717) is 36.2 Å². The summed E-state index contributed by atoms with van der Waals surface area (Å²) in [6, 6.07) is 5.39. The highest BCUT2D eigenvalue weighted by atomic mass is 16.5. The zero-order valence-electron chi connectivity index (χ0n) is 13.8. The molecule has 8 nitrogen and oxygen atoms in total. The Morgan fingerprint density at radius 2 is 2.28 bits per heavy atom. The molecule has 8 heteroatoms. The molecule has 1 aromatic carbocycles. The molecule has 0 spiro atoms. The molecule has 0 aliphatic carbocycles. The first-order chi connectivity index (χ1) is 12.2. The molecule has 0 radical (unpaired) electrons. The molecule has 1 atom stereocenters. The maximum atomic E-state index is 12.3. The van der Waals surface area contributed by atoms with E-state index in [-0.39, 0.29) is 17.7 Å². The molecule has 4 rings (SSSR count). The summed E-state index contributed by atoms with van der Waals surface area (Å²) in [5, 5.41) is 6.87. The number of oxazole rings is 1. The normalized spacial score (nSPS) is 15.7. The van der Waals surface area contributed by atoms with Crippen molar-refractivity contribution in [2.45, 2.75) is 26.3 Å². The molecule has 0 saturated carbocycles. The van der Waals surface area contributed by atoms with Crippen molar-refractivity contribution in [3.05, 3.63) is 47.5 Å². The molecule has 25 heavy (non-hydrogen) atoms. The van der Waals surface area contributed by atoms with Crippen molar-refractivity contribution in [2.24, 2.45) is 0 Å². The minimum atomic E-state index is -0.314. The first-order valence-corrected chi connectivity index (χ1v) is 7.96. The van der Waals surface area contributed by atoms with Crippen LogP contribution in [0.3, 0.4) is 0 Å². The number of amides is 1. The minimum Gasteiger partial charge on any atom is -0.491 e. The number of hydrogen-bond acceptors (Lipinski definition) is 7. The Kier molecular flexibility index (Phi) is 3.72. The monoisotopic (exact) mass is 340 g/mol. The van der Waals surface area contributed by atoms with E-state index in [1.54, 1.807) is 6.92 Å². The smallest absolute Gasteiger partial charge is 0.289 e. The van der Waals surface area contributed by atoms with Gasteiger partial charge < -0.3 is 19.0 Å². The predicted molar refractivity (Wildman–Crippen MR) is 86.1 cm³/mol. The number of rotatable bonds is 4.